The predicted molar refractivity (Wildman–Crippen MR) is 68.7 cm³/mol. The maximum Gasteiger partial charge on any atom is 0.344 e. The zero-order valence-electron chi connectivity index (χ0n) is 10.5. The second-order valence-corrected chi connectivity index (χ2v) is 4.78. The summed E-state index contributed by atoms with van der Waals surface area (Å²) in [6, 6.07) is 8.34. The summed E-state index contributed by atoms with van der Waals surface area (Å²) in [7, 11) is 0. The summed E-state index contributed by atoms with van der Waals surface area (Å²) in [6.45, 7) is 4.04. The van der Waals surface area contributed by atoms with E-state index in [1.807, 2.05) is 32.0 Å². The van der Waals surface area contributed by atoms with Crippen molar-refractivity contribution in [1.29, 1.82) is 0 Å². The number of anilines is 1. The molecule has 18 heavy (non-hydrogen) atoms. The molecule has 1 aromatic carbocycles. The molecule has 1 aliphatic heterocycles. The topological polar surface area (TPSA) is 61.4 Å². The fourth-order valence-corrected chi connectivity index (χ4v) is 1.91. The lowest BCUT2D eigenvalue weighted by atomic mass is 10.0. The highest BCUT2D eigenvalue weighted by atomic mass is 16.2. The molecule has 0 aliphatic carbocycles. The van der Waals surface area contributed by atoms with Crippen LogP contribution >= 0.6 is 0 Å². The number of carbonyl (C=O) groups is 2. The highest BCUT2D eigenvalue weighted by Gasteiger charge is 2.38. The van der Waals surface area contributed by atoms with Crippen molar-refractivity contribution in [2.45, 2.75) is 26.3 Å². The van der Waals surface area contributed by atoms with Crippen LogP contribution in [-0.4, -0.2) is 23.0 Å². The minimum Gasteiger partial charge on any atom is -0.324 e. The Labute approximate surface area is 106 Å². The van der Waals surface area contributed by atoms with Gasteiger partial charge >= 0.3 is 6.03 Å². The average molecular weight is 247 g/mol. The van der Waals surface area contributed by atoms with Crippen LogP contribution in [0.1, 0.15) is 20.3 Å². The number of nitrogens with zero attached hydrogens (tertiary/aromatic N) is 1. The molecule has 5 heteroatoms. The molecule has 1 aliphatic rings. The van der Waals surface area contributed by atoms with Crippen LogP contribution < -0.4 is 10.7 Å². The van der Waals surface area contributed by atoms with Crippen LogP contribution in [-0.2, 0) is 4.79 Å². The Bertz CT molecular complexity index is 445. The Morgan fingerprint density at radius 2 is 1.94 bits per heavy atom. The third kappa shape index (κ3) is 2.61. The summed E-state index contributed by atoms with van der Waals surface area (Å²) in [6.07, 6.45) is 0.650. The van der Waals surface area contributed by atoms with Crippen LogP contribution in [0.2, 0.25) is 0 Å². The van der Waals surface area contributed by atoms with E-state index in [-0.39, 0.29) is 5.91 Å². The summed E-state index contributed by atoms with van der Waals surface area (Å²) in [5, 5.41) is 3.72. The molecule has 0 saturated carbocycles. The first kappa shape index (κ1) is 12.4. The molecule has 0 aromatic heterocycles. The normalized spacial score (nSPS) is 19.3. The molecule has 0 radical (unpaired) electrons. The zero-order chi connectivity index (χ0) is 13.1. The molecular weight excluding hydrogens is 230 g/mol. The number of nitrogens with one attached hydrogen (secondary N) is 2. The molecule has 0 spiro atoms. The number of carbonyl (C=O) groups excluding carboxylic acids is 2. The number of rotatable bonds is 4. The van der Waals surface area contributed by atoms with Crippen molar-refractivity contribution in [3.05, 3.63) is 30.3 Å². The Kier molecular flexibility index (Phi) is 3.50. The van der Waals surface area contributed by atoms with E-state index < -0.39 is 12.1 Å². The molecule has 1 saturated heterocycles. The number of amides is 3. The summed E-state index contributed by atoms with van der Waals surface area (Å²) >= 11 is 0. The van der Waals surface area contributed by atoms with E-state index in [0.29, 0.717) is 18.0 Å². The molecule has 2 rings (SSSR count). The molecule has 5 nitrogen and oxygen atoms in total. The van der Waals surface area contributed by atoms with Gasteiger partial charge in [-0.05, 0) is 24.5 Å². The van der Waals surface area contributed by atoms with Gasteiger partial charge in [-0.15, -0.1) is 0 Å². The van der Waals surface area contributed by atoms with Crippen molar-refractivity contribution < 1.29 is 9.59 Å². The van der Waals surface area contributed by atoms with Gasteiger partial charge in [0.05, 0.1) is 5.69 Å². The number of hydrazine groups is 1. The van der Waals surface area contributed by atoms with Gasteiger partial charge in [0.25, 0.3) is 5.91 Å². The molecule has 1 heterocycles. The molecule has 1 aromatic rings. The van der Waals surface area contributed by atoms with Crippen molar-refractivity contribution in [3.63, 3.8) is 0 Å². The van der Waals surface area contributed by atoms with Gasteiger partial charge in [0.1, 0.15) is 6.04 Å². The molecular formula is C13H17N3O2. The SMILES string of the molecule is CC(C)CC1NC(=O)N(Nc2ccccc2)C1=O. The summed E-state index contributed by atoms with van der Waals surface area (Å²) in [4.78, 5) is 23.7. The van der Waals surface area contributed by atoms with Crippen LogP contribution in [0.5, 0.6) is 0 Å². The van der Waals surface area contributed by atoms with E-state index in [4.69, 9.17) is 0 Å². The fourth-order valence-electron chi connectivity index (χ4n) is 1.91. The Morgan fingerprint density at radius 1 is 1.28 bits per heavy atom. The van der Waals surface area contributed by atoms with E-state index in [9.17, 15) is 9.59 Å². The highest BCUT2D eigenvalue weighted by molar-refractivity contribution is 6.05. The van der Waals surface area contributed by atoms with Gasteiger partial charge < -0.3 is 5.32 Å². The lowest BCUT2D eigenvalue weighted by Gasteiger charge is -2.15. The van der Waals surface area contributed by atoms with Crippen LogP contribution in [0.25, 0.3) is 0 Å². The zero-order valence-corrected chi connectivity index (χ0v) is 10.5. The lowest BCUT2D eigenvalue weighted by molar-refractivity contribution is -0.126. The van der Waals surface area contributed by atoms with E-state index in [0.717, 1.165) is 5.01 Å². The second-order valence-electron chi connectivity index (χ2n) is 4.78. The van der Waals surface area contributed by atoms with Gasteiger partial charge in [-0.2, -0.15) is 5.01 Å². The third-order valence-corrected chi connectivity index (χ3v) is 2.74. The molecule has 1 unspecified atom stereocenters. The van der Waals surface area contributed by atoms with Crippen LogP contribution in [0.15, 0.2) is 30.3 Å². The van der Waals surface area contributed by atoms with Crippen LogP contribution in [0.3, 0.4) is 0 Å². The van der Waals surface area contributed by atoms with Gasteiger partial charge in [-0.3, -0.25) is 10.2 Å². The van der Waals surface area contributed by atoms with E-state index in [1.54, 1.807) is 12.1 Å². The Balaban J connectivity index is 2.06. The lowest BCUT2D eigenvalue weighted by Crippen LogP contribution is -2.36. The van der Waals surface area contributed by atoms with Crippen molar-refractivity contribution in [2.75, 3.05) is 5.43 Å². The minimum atomic E-state index is -0.422. The largest absolute Gasteiger partial charge is 0.344 e. The molecule has 1 fully saturated rings. The van der Waals surface area contributed by atoms with Gasteiger partial charge in [0.15, 0.2) is 0 Å². The number of hydrogen-bond acceptors (Lipinski definition) is 3. The first-order chi connectivity index (χ1) is 8.58. The number of hydrogen-bond donors (Lipinski definition) is 2. The van der Waals surface area contributed by atoms with E-state index in [1.165, 1.54) is 0 Å². The predicted octanol–water partition coefficient (Wildman–Crippen LogP) is 1.98. The number of urea groups is 1. The first-order valence-electron chi connectivity index (χ1n) is 6.04. The minimum absolute atomic E-state index is 0.224. The van der Waals surface area contributed by atoms with Crippen molar-refractivity contribution >= 4 is 17.6 Å². The molecule has 3 amide bonds. The first-order valence-corrected chi connectivity index (χ1v) is 6.04. The standard InChI is InChI=1S/C13H17N3O2/c1-9(2)8-11-12(17)16(13(18)14-11)15-10-6-4-3-5-7-10/h3-7,9,11,15H,8H2,1-2H3,(H,14,18). The highest BCUT2D eigenvalue weighted by Crippen LogP contribution is 2.16. The van der Waals surface area contributed by atoms with Gasteiger partial charge in [-0.25, -0.2) is 4.79 Å². The van der Waals surface area contributed by atoms with Gasteiger partial charge in [0.2, 0.25) is 0 Å². The quantitative estimate of drug-likeness (QED) is 0.800. The Hall–Kier alpha value is -2.04. The van der Waals surface area contributed by atoms with Crippen molar-refractivity contribution in [3.8, 4) is 0 Å². The maximum atomic E-state index is 12.0. The fraction of sp³-hybridized carbons (Fsp3) is 0.385. The number of imide groups is 1. The summed E-state index contributed by atoms with van der Waals surface area (Å²) in [5.74, 6) is 0.133. The average Bonchev–Trinajstić information content (AvgIpc) is 2.58. The van der Waals surface area contributed by atoms with Gasteiger partial charge in [-0.1, -0.05) is 32.0 Å². The third-order valence-electron chi connectivity index (χ3n) is 2.74. The van der Waals surface area contributed by atoms with Crippen molar-refractivity contribution in [1.82, 2.24) is 10.3 Å². The molecule has 1 atom stereocenters. The summed E-state index contributed by atoms with van der Waals surface area (Å²) < 4.78 is 0. The second kappa shape index (κ2) is 5.08. The molecule has 2 N–H and O–H groups in total. The van der Waals surface area contributed by atoms with E-state index in [2.05, 4.69) is 10.7 Å². The van der Waals surface area contributed by atoms with Crippen LogP contribution in [0.4, 0.5) is 10.5 Å². The molecule has 96 valence electrons. The maximum absolute atomic E-state index is 12.0. The monoisotopic (exact) mass is 247 g/mol. The Morgan fingerprint density at radius 3 is 2.56 bits per heavy atom. The van der Waals surface area contributed by atoms with Crippen molar-refractivity contribution in [2.24, 2.45) is 5.92 Å². The summed E-state index contributed by atoms with van der Waals surface area (Å²) in [5.41, 5.74) is 3.53. The van der Waals surface area contributed by atoms with Crippen LogP contribution in [0, 0.1) is 5.92 Å². The number of para-hydroxylation sites is 1. The van der Waals surface area contributed by atoms with Gasteiger partial charge in [0, 0.05) is 0 Å². The molecule has 0 bridgehead atoms. The smallest absolute Gasteiger partial charge is 0.324 e. The van der Waals surface area contributed by atoms with E-state index >= 15 is 0 Å². The number of benzene rings is 1.